The molecule has 2 N–H and O–H groups in total. The number of rotatable bonds is 7. The molecule has 4 heteroatoms. The average Bonchev–Trinajstić information content (AvgIpc) is 3.10. The van der Waals surface area contributed by atoms with Crippen LogP contribution >= 0.6 is 0 Å². The summed E-state index contributed by atoms with van der Waals surface area (Å²) in [5.41, 5.74) is 1.83. The van der Waals surface area contributed by atoms with Crippen LogP contribution in [0.4, 0.5) is 4.39 Å². The summed E-state index contributed by atoms with van der Waals surface area (Å²) >= 11 is 0. The molecule has 1 saturated carbocycles. The lowest BCUT2D eigenvalue weighted by molar-refractivity contribution is 0.314. The highest BCUT2D eigenvalue weighted by Crippen LogP contribution is 2.26. The number of nitrogens with zero attached hydrogens (tertiary/aromatic N) is 1. The molecule has 25 heavy (non-hydrogen) atoms. The number of hydrogen-bond acceptors (Lipinski definition) is 2. The van der Waals surface area contributed by atoms with Gasteiger partial charge in [-0.05, 0) is 55.9 Å². The Bertz CT molecular complexity index is 641. The Morgan fingerprint density at radius 3 is 2.52 bits per heavy atom. The fraction of sp³-hybridized carbons (Fsp3) is 0.571. The first-order chi connectivity index (χ1) is 12.1. The van der Waals surface area contributed by atoms with Gasteiger partial charge in [-0.25, -0.2) is 9.37 Å². The number of benzene rings is 1. The van der Waals surface area contributed by atoms with Gasteiger partial charge in [0.05, 0.1) is 11.7 Å². The summed E-state index contributed by atoms with van der Waals surface area (Å²) in [4.78, 5) is 8.18. The van der Waals surface area contributed by atoms with E-state index in [1.54, 1.807) is 12.1 Å². The normalized spacial score (nSPS) is 17.1. The van der Waals surface area contributed by atoms with E-state index < -0.39 is 0 Å². The molecule has 3 rings (SSSR count). The van der Waals surface area contributed by atoms with Gasteiger partial charge < -0.3 is 10.3 Å². The second kappa shape index (κ2) is 8.61. The minimum Gasteiger partial charge on any atom is -0.347 e. The molecule has 1 aliphatic carbocycles. The number of nitrogens with one attached hydrogen (secondary N) is 2. The Morgan fingerprint density at radius 2 is 1.84 bits per heavy atom. The molecule has 0 unspecified atom stereocenters. The molecule has 1 heterocycles. The molecule has 1 aromatic heterocycles. The molecule has 0 bridgehead atoms. The Morgan fingerprint density at radius 1 is 1.12 bits per heavy atom. The molecule has 0 saturated heterocycles. The highest BCUT2D eigenvalue weighted by molar-refractivity contribution is 5.58. The van der Waals surface area contributed by atoms with Gasteiger partial charge in [0.15, 0.2) is 0 Å². The van der Waals surface area contributed by atoms with Gasteiger partial charge >= 0.3 is 0 Å². The molecule has 1 fully saturated rings. The summed E-state index contributed by atoms with van der Waals surface area (Å²) in [5.74, 6) is 1.47. The predicted octanol–water partition coefficient (Wildman–Crippen LogP) is 5.62. The number of imidazole rings is 1. The molecule has 0 amide bonds. The van der Waals surface area contributed by atoms with Gasteiger partial charge in [-0.1, -0.05) is 33.1 Å². The van der Waals surface area contributed by atoms with Crippen molar-refractivity contribution in [2.24, 2.45) is 5.92 Å². The minimum atomic E-state index is -0.215. The second-order valence-corrected chi connectivity index (χ2v) is 7.70. The molecule has 0 spiro atoms. The third-order valence-corrected chi connectivity index (χ3v) is 5.14. The molecular weight excluding hydrogens is 313 g/mol. The van der Waals surface area contributed by atoms with Gasteiger partial charge in [0.25, 0.3) is 0 Å². The van der Waals surface area contributed by atoms with Crippen LogP contribution in [0.1, 0.15) is 70.7 Å². The van der Waals surface area contributed by atoms with E-state index in [1.807, 2.05) is 6.20 Å². The second-order valence-electron chi connectivity index (χ2n) is 7.70. The zero-order valence-corrected chi connectivity index (χ0v) is 15.4. The van der Waals surface area contributed by atoms with Crippen molar-refractivity contribution in [3.63, 3.8) is 0 Å². The lowest BCUT2D eigenvalue weighted by atomic mass is 9.93. The number of aromatic nitrogens is 2. The van der Waals surface area contributed by atoms with Crippen molar-refractivity contribution in [3.05, 3.63) is 42.1 Å². The van der Waals surface area contributed by atoms with Crippen molar-refractivity contribution in [2.75, 3.05) is 0 Å². The van der Waals surface area contributed by atoms with Crippen molar-refractivity contribution >= 4 is 0 Å². The zero-order valence-electron chi connectivity index (χ0n) is 15.4. The Kier molecular flexibility index (Phi) is 6.24. The fourth-order valence-corrected chi connectivity index (χ4v) is 3.64. The van der Waals surface area contributed by atoms with Crippen LogP contribution in [0.25, 0.3) is 11.3 Å². The van der Waals surface area contributed by atoms with Crippen molar-refractivity contribution < 1.29 is 4.39 Å². The average molecular weight is 343 g/mol. The van der Waals surface area contributed by atoms with Crippen molar-refractivity contribution in [1.29, 1.82) is 0 Å². The molecule has 136 valence electrons. The van der Waals surface area contributed by atoms with Gasteiger partial charge in [-0.2, -0.15) is 0 Å². The zero-order chi connectivity index (χ0) is 17.6. The van der Waals surface area contributed by atoms with Crippen LogP contribution in [-0.4, -0.2) is 16.0 Å². The van der Waals surface area contributed by atoms with Crippen LogP contribution in [0.2, 0.25) is 0 Å². The summed E-state index contributed by atoms with van der Waals surface area (Å²) < 4.78 is 13.1. The Balaban J connectivity index is 1.73. The van der Waals surface area contributed by atoms with Crippen LogP contribution in [-0.2, 0) is 0 Å². The smallest absolute Gasteiger partial charge is 0.124 e. The van der Waals surface area contributed by atoms with Crippen LogP contribution in [0.5, 0.6) is 0 Å². The number of hydrogen-bond donors (Lipinski definition) is 2. The number of H-pyrrole nitrogens is 1. The molecule has 0 aliphatic heterocycles. The standard InChI is InChI=1S/C21H30FN3/c1-15(2)8-13-19(24-18-6-4-3-5-7-18)21-23-14-20(25-21)16-9-11-17(22)12-10-16/h9-12,14-15,18-19,24H,3-8,13H2,1-2H3,(H,23,25)/t19-/m1/s1. The van der Waals surface area contributed by atoms with Gasteiger partial charge in [-0.3, -0.25) is 0 Å². The molecular formula is C21H30FN3. The van der Waals surface area contributed by atoms with Gasteiger partial charge in [0, 0.05) is 17.8 Å². The van der Waals surface area contributed by atoms with E-state index in [4.69, 9.17) is 4.98 Å². The van der Waals surface area contributed by atoms with Crippen LogP contribution < -0.4 is 5.32 Å². The first-order valence-corrected chi connectivity index (χ1v) is 9.69. The maximum atomic E-state index is 13.1. The Labute approximate surface area is 150 Å². The van der Waals surface area contributed by atoms with Gasteiger partial charge in [-0.15, -0.1) is 0 Å². The first-order valence-electron chi connectivity index (χ1n) is 9.69. The fourth-order valence-electron chi connectivity index (χ4n) is 3.64. The Hall–Kier alpha value is -1.68. The quantitative estimate of drug-likeness (QED) is 0.685. The summed E-state index contributed by atoms with van der Waals surface area (Å²) in [5, 5.41) is 3.85. The van der Waals surface area contributed by atoms with E-state index in [0.29, 0.717) is 12.0 Å². The minimum absolute atomic E-state index is 0.215. The molecule has 0 radical (unpaired) electrons. The van der Waals surface area contributed by atoms with Crippen LogP contribution in [0, 0.1) is 11.7 Å². The monoisotopic (exact) mass is 343 g/mol. The SMILES string of the molecule is CC(C)CC[C@@H](NC1CCCCC1)c1nc(-c2ccc(F)cc2)c[nH]1. The maximum absolute atomic E-state index is 13.1. The van der Waals surface area contributed by atoms with Gasteiger partial charge in [0.2, 0.25) is 0 Å². The predicted molar refractivity (Wildman–Crippen MR) is 101 cm³/mol. The lowest BCUT2D eigenvalue weighted by Crippen LogP contribution is -2.35. The highest BCUT2D eigenvalue weighted by atomic mass is 19.1. The number of halogens is 1. The van der Waals surface area contributed by atoms with E-state index in [-0.39, 0.29) is 11.9 Å². The summed E-state index contributed by atoms with van der Waals surface area (Å²) in [6.07, 6.45) is 10.8. The van der Waals surface area contributed by atoms with Crippen LogP contribution in [0.3, 0.4) is 0 Å². The molecule has 1 aromatic carbocycles. The summed E-state index contributed by atoms with van der Waals surface area (Å²) in [6, 6.07) is 7.41. The van der Waals surface area contributed by atoms with Crippen LogP contribution in [0.15, 0.2) is 30.5 Å². The molecule has 1 atom stereocenters. The topological polar surface area (TPSA) is 40.7 Å². The van der Waals surface area contributed by atoms with E-state index >= 15 is 0 Å². The molecule has 1 aliphatic rings. The maximum Gasteiger partial charge on any atom is 0.124 e. The van der Waals surface area contributed by atoms with E-state index in [1.165, 1.54) is 50.7 Å². The summed E-state index contributed by atoms with van der Waals surface area (Å²) in [7, 11) is 0. The lowest BCUT2D eigenvalue weighted by Gasteiger charge is -2.28. The van der Waals surface area contributed by atoms with Crippen molar-refractivity contribution in [2.45, 2.75) is 70.9 Å². The van der Waals surface area contributed by atoms with E-state index in [0.717, 1.165) is 23.5 Å². The largest absolute Gasteiger partial charge is 0.347 e. The third-order valence-electron chi connectivity index (χ3n) is 5.14. The molecule has 3 nitrogen and oxygen atoms in total. The van der Waals surface area contributed by atoms with E-state index in [9.17, 15) is 4.39 Å². The van der Waals surface area contributed by atoms with Crippen molar-refractivity contribution in [3.8, 4) is 11.3 Å². The number of aromatic amines is 1. The highest BCUT2D eigenvalue weighted by Gasteiger charge is 2.21. The van der Waals surface area contributed by atoms with Gasteiger partial charge in [0.1, 0.15) is 11.6 Å². The first kappa shape index (κ1) is 18.1. The van der Waals surface area contributed by atoms with E-state index in [2.05, 4.69) is 24.1 Å². The molecule has 2 aromatic rings. The third kappa shape index (κ3) is 5.15. The van der Waals surface area contributed by atoms with Crippen molar-refractivity contribution in [1.82, 2.24) is 15.3 Å². The summed E-state index contributed by atoms with van der Waals surface area (Å²) in [6.45, 7) is 4.54.